The van der Waals surface area contributed by atoms with Gasteiger partial charge in [-0.05, 0) is 38.7 Å². The van der Waals surface area contributed by atoms with E-state index < -0.39 is 5.41 Å². The minimum atomic E-state index is -0.560. The Morgan fingerprint density at radius 2 is 1.92 bits per heavy atom. The van der Waals surface area contributed by atoms with Gasteiger partial charge in [0.05, 0.1) is 12.0 Å². The van der Waals surface area contributed by atoms with Crippen molar-refractivity contribution in [1.82, 2.24) is 9.80 Å². The maximum atomic E-state index is 13.3. The van der Waals surface area contributed by atoms with E-state index in [-0.39, 0.29) is 23.8 Å². The third-order valence-corrected chi connectivity index (χ3v) is 6.10. The number of carbonyl (C=O) groups excluding carboxylic acids is 2. The van der Waals surface area contributed by atoms with E-state index >= 15 is 0 Å². The molecule has 26 heavy (non-hydrogen) atoms. The summed E-state index contributed by atoms with van der Waals surface area (Å²) in [7, 11) is 0. The summed E-state index contributed by atoms with van der Waals surface area (Å²) in [6.07, 6.45) is 3.36. The van der Waals surface area contributed by atoms with E-state index in [1.165, 1.54) is 0 Å². The Labute approximate surface area is 156 Å². The van der Waals surface area contributed by atoms with E-state index in [0.717, 1.165) is 31.4 Å². The number of hydrogen-bond acceptors (Lipinski definition) is 3. The Morgan fingerprint density at radius 3 is 2.62 bits per heavy atom. The summed E-state index contributed by atoms with van der Waals surface area (Å²) in [6, 6.07) is 9.94. The average molecular weight is 358 g/mol. The fraction of sp³-hybridized carbons (Fsp3) is 0.619. The van der Waals surface area contributed by atoms with Crippen LogP contribution in [0.1, 0.15) is 45.1 Å². The van der Waals surface area contributed by atoms with Crippen LogP contribution in [0.15, 0.2) is 30.3 Å². The second-order valence-corrected chi connectivity index (χ2v) is 8.36. The molecule has 0 bridgehead atoms. The molecular formula is C21H30N2O3. The second-order valence-electron chi connectivity index (χ2n) is 8.36. The Bertz CT molecular complexity index is 658. The minimum Gasteiger partial charge on any atom is -0.395 e. The Balaban J connectivity index is 1.76. The highest BCUT2D eigenvalue weighted by Gasteiger charge is 2.44. The van der Waals surface area contributed by atoms with Crippen LogP contribution in [0.4, 0.5) is 0 Å². The van der Waals surface area contributed by atoms with Gasteiger partial charge in [0.1, 0.15) is 0 Å². The molecule has 2 aliphatic heterocycles. The van der Waals surface area contributed by atoms with Crippen molar-refractivity contribution >= 4 is 11.8 Å². The number of nitrogens with zero attached hydrogens (tertiary/aromatic N) is 2. The van der Waals surface area contributed by atoms with Gasteiger partial charge in [0.25, 0.3) is 0 Å². The van der Waals surface area contributed by atoms with Gasteiger partial charge < -0.3 is 14.9 Å². The van der Waals surface area contributed by atoms with Crippen LogP contribution in [-0.4, -0.2) is 59.5 Å². The first-order chi connectivity index (χ1) is 12.4. The first-order valence-electron chi connectivity index (χ1n) is 9.62. The van der Waals surface area contributed by atoms with Gasteiger partial charge in [0.2, 0.25) is 11.8 Å². The fourth-order valence-corrected chi connectivity index (χ4v) is 4.51. The van der Waals surface area contributed by atoms with Crippen molar-refractivity contribution in [1.29, 1.82) is 0 Å². The Kier molecular flexibility index (Phi) is 5.37. The molecule has 1 atom stereocenters. The number of aliphatic hydroxyl groups is 1. The van der Waals surface area contributed by atoms with Crippen LogP contribution in [0.2, 0.25) is 0 Å². The number of benzene rings is 1. The van der Waals surface area contributed by atoms with E-state index in [2.05, 4.69) is 0 Å². The van der Waals surface area contributed by atoms with Gasteiger partial charge in [-0.25, -0.2) is 0 Å². The molecule has 1 aromatic rings. The number of rotatable bonds is 4. The summed E-state index contributed by atoms with van der Waals surface area (Å²) in [6.45, 7) is 6.52. The van der Waals surface area contributed by atoms with Crippen molar-refractivity contribution in [3.63, 3.8) is 0 Å². The van der Waals surface area contributed by atoms with Gasteiger partial charge in [-0.3, -0.25) is 9.59 Å². The molecule has 1 aromatic carbocycles. The molecule has 142 valence electrons. The van der Waals surface area contributed by atoms with Crippen LogP contribution < -0.4 is 0 Å². The van der Waals surface area contributed by atoms with E-state index in [0.29, 0.717) is 26.1 Å². The molecule has 2 saturated heterocycles. The summed E-state index contributed by atoms with van der Waals surface area (Å²) < 4.78 is 0. The van der Waals surface area contributed by atoms with Crippen LogP contribution in [0.25, 0.3) is 0 Å². The number of carbonyl (C=O) groups is 2. The molecule has 3 rings (SSSR count). The van der Waals surface area contributed by atoms with Gasteiger partial charge in [-0.15, -0.1) is 0 Å². The zero-order valence-corrected chi connectivity index (χ0v) is 15.9. The van der Waals surface area contributed by atoms with Crippen molar-refractivity contribution in [3.05, 3.63) is 35.9 Å². The second kappa shape index (κ2) is 7.39. The number of amides is 2. The minimum absolute atomic E-state index is 0.00843. The number of piperidine rings is 2. The van der Waals surface area contributed by atoms with Crippen molar-refractivity contribution in [2.24, 2.45) is 5.41 Å². The van der Waals surface area contributed by atoms with Gasteiger partial charge in [-0.1, -0.05) is 30.3 Å². The zero-order valence-electron chi connectivity index (χ0n) is 15.9. The largest absolute Gasteiger partial charge is 0.395 e. The highest BCUT2D eigenvalue weighted by Crippen LogP contribution is 2.40. The van der Waals surface area contributed by atoms with E-state index in [1.54, 1.807) is 4.90 Å². The average Bonchev–Trinajstić information content (AvgIpc) is 2.65. The normalized spacial score (nSPS) is 24.2. The SMILES string of the molecule is CC(C)(C(=O)N1CCCC2(CCC(=O)N(CCO)C2)C1)c1ccccc1. The topological polar surface area (TPSA) is 60.9 Å². The Morgan fingerprint density at radius 1 is 1.19 bits per heavy atom. The van der Waals surface area contributed by atoms with E-state index in [9.17, 15) is 14.7 Å². The summed E-state index contributed by atoms with van der Waals surface area (Å²) in [4.78, 5) is 29.2. The molecule has 1 spiro atoms. The summed E-state index contributed by atoms with van der Waals surface area (Å²) in [5.41, 5.74) is 0.448. The summed E-state index contributed by atoms with van der Waals surface area (Å²) in [5.74, 6) is 0.283. The molecule has 2 fully saturated rings. The van der Waals surface area contributed by atoms with E-state index in [1.807, 2.05) is 49.1 Å². The van der Waals surface area contributed by atoms with Crippen LogP contribution in [0.3, 0.4) is 0 Å². The van der Waals surface area contributed by atoms with Gasteiger partial charge in [0.15, 0.2) is 0 Å². The van der Waals surface area contributed by atoms with Crippen molar-refractivity contribution in [3.8, 4) is 0 Å². The smallest absolute Gasteiger partial charge is 0.232 e. The third-order valence-electron chi connectivity index (χ3n) is 6.10. The molecule has 2 aliphatic rings. The highest BCUT2D eigenvalue weighted by molar-refractivity contribution is 5.87. The lowest BCUT2D eigenvalue weighted by atomic mass is 9.72. The lowest BCUT2D eigenvalue weighted by molar-refractivity contribution is -0.146. The number of aliphatic hydroxyl groups excluding tert-OH is 1. The standard InChI is InChI=1S/C21H30N2O3/c1-20(2,17-7-4-3-5-8-17)19(26)23-12-6-10-21(16-23)11-9-18(25)22(15-21)13-14-24/h3-5,7-8,24H,6,9-16H2,1-2H3. The predicted octanol–water partition coefficient (Wildman–Crippen LogP) is 2.19. The summed E-state index contributed by atoms with van der Waals surface area (Å²) >= 11 is 0. The Hall–Kier alpha value is -1.88. The molecule has 0 saturated carbocycles. The van der Waals surface area contributed by atoms with Crippen molar-refractivity contribution in [2.45, 2.75) is 44.9 Å². The molecule has 1 N–H and O–H groups in total. The van der Waals surface area contributed by atoms with E-state index in [4.69, 9.17) is 0 Å². The maximum Gasteiger partial charge on any atom is 0.232 e. The molecule has 1 unspecified atom stereocenters. The third kappa shape index (κ3) is 3.63. The molecule has 0 aliphatic carbocycles. The number of hydrogen-bond donors (Lipinski definition) is 1. The zero-order chi connectivity index (χ0) is 18.8. The molecule has 0 aromatic heterocycles. The summed E-state index contributed by atoms with van der Waals surface area (Å²) in [5, 5.41) is 9.24. The molecule has 5 nitrogen and oxygen atoms in total. The van der Waals surface area contributed by atoms with Gasteiger partial charge in [0, 0.05) is 38.0 Å². The fourth-order valence-electron chi connectivity index (χ4n) is 4.51. The molecule has 2 amide bonds. The molecule has 0 radical (unpaired) electrons. The quantitative estimate of drug-likeness (QED) is 0.897. The lowest BCUT2D eigenvalue weighted by Gasteiger charge is -2.49. The van der Waals surface area contributed by atoms with Crippen LogP contribution in [0, 0.1) is 5.41 Å². The van der Waals surface area contributed by atoms with Crippen molar-refractivity contribution in [2.75, 3.05) is 32.8 Å². The predicted molar refractivity (Wildman–Crippen MR) is 101 cm³/mol. The first kappa shape index (κ1) is 18.9. The molecule has 5 heteroatoms. The van der Waals surface area contributed by atoms with Crippen molar-refractivity contribution < 1.29 is 14.7 Å². The lowest BCUT2D eigenvalue weighted by Crippen LogP contribution is -2.57. The number of β-amino-alcohol motifs (C(OH)–C–C–N with tert-alkyl or cyclic N) is 1. The van der Waals surface area contributed by atoms with Gasteiger partial charge >= 0.3 is 0 Å². The van der Waals surface area contributed by atoms with Gasteiger partial charge in [-0.2, -0.15) is 0 Å². The van der Waals surface area contributed by atoms with Crippen LogP contribution in [0.5, 0.6) is 0 Å². The number of likely N-dealkylation sites (tertiary alicyclic amines) is 2. The van der Waals surface area contributed by atoms with Crippen LogP contribution in [-0.2, 0) is 15.0 Å². The molecular weight excluding hydrogens is 328 g/mol. The monoisotopic (exact) mass is 358 g/mol. The first-order valence-corrected chi connectivity index (χ1v) is 9.62. The molecule has 2 heterocycles. The highest BCUT2D eigenvalue weighted by atomic mass is 16.3. The maximum absolute atomic E-state index is 13.3. The van der Waals surface area contributed by atoms with Crippen LogP contribution >= 0.6 is 0 Å².